The van der Waals surface area contributed by atoms with Crippen molar-refractivity contribution in [3.8, 4) is 0 Å². The number of halogens is 1. The Bertz CT molecular complexity index is 589. The van der Waals surface area contributed by atoms with Crippen LogP contribution in [0.4, 0.5) is 0 Å². The lowest BCUT2D eigenvalue weighted by Crippen LogP contribution is -2.47. The van der Waals surface area contributed by atoms with Crippen LogP contribution in [0.2, 0.25) is 0 Å². The van der Waals surface area contributed by atoms with Gasteiger partial charge in [0.25, 0.3) is 5.91 Å². The lowest BCUT2D eigenvalue weighted by molar-refractivity contribution is -0.0869. The maximum Gasteiger partial charge on any atom is 0.274 e. The molecule has 1 aromatic rings. The zero-order valence-corrected chi connectivity index (χ0v) is 14.5. The third-order valence-corrected chi connectivity index (χ3v) is 5.40. The van der Waals surface area contributed by atoms with E-state index in [0.29, 0.717) is 12.3 Å². The zero-order valence-electron chi connectivity index (χ0n) is 13.6. The van der Waals surface area contributed by atoms with Crippen molar-refractivity contribution in [3.05, 3.63) is 17.0 Å². The smallest absolute Gasteiger partial charge is 0.274 e. The molecule has 3 aliphatic heterocycles. The van der Waals surface area contributed by atoms with Crippen molar-refractivity contribution in [2.75, 3.05) is 26.2 Å². The SMILES string of the molecule is Cl.Cn1nc(C(=O)N2CCCC2)c2c1CC1(CCNCC1)OC2. The number of piperidine rings is 1. The Morgan fingerprint density at radius 1 is 1.26 bits per heavy atom. The molecule has 6 nitrogen and oxygen atoms in total. The summed E-state index contributed by atoms with van der Waals surface area (Å²) < 4.78 is 8.14. The van der Waals surface area contributed by atoms with E-state index >= 15 is 0 Å². The lowest BCUT2D eigenvalue weighted by atomic mass is 9.84. The van der Waals surface area contributed by atoms with Crippen LogP contribution in [0.5, 0.6) is 0 Å². The van der Waals surface area contributed by atoms with Crippen molar-refractivity contribution in [2.45, 2.75) is 44.3 Å². The minimum atomic E-state index is -0.0556. The summed E-state index contributed by atoms with van der Waals surface area (Å²) in [4.78, 5) is 14.6. The van der Waals surface area contributed by atoms with E-state index in [1.54, 1.807) is 0 Å². The van der Waals surface area contributed by atoms with Gasteiger partial charge in [0.05, 0.1) is 12.2 Å². The minimum absolute atomic E-state index is 0. The average molecular weight is 341 g/mol. The predicted octanol–water partition coefficient (Wildman–Crippen LogP) is 1.27. The predicted molar refractivity (Wildman–Crippen MR) is 88.9 cm³/mol. The first-order valence-corrected chi connectivity index (χ1v) is 8.37. The van der Waals surface area contributed by atoms with Crippen LogP contribution in [0.1, 0.15) is 47.4 Å². The largest absolute Gasteiger partial charge is 0.370 e. The van der Waals surface area contributed by atoms with Gasteiger partial charge in [-0.2, -0.15) is 5.10 Å². The molecule has 2 saturated heterocycles. The van der Waals surface area contributed by atoms with Crippen molar-refractivity contribution >= 4 is 18.3 Å². The van der Waals surface area contributed by atoms with Crippen LogP contribution in [0.3, 0.4) is 0 Å². The molecule has 0 atom stereocenters. The van der Waals surface area contributed by atoms with Crippen molar-refractivity contribution in [2.24, 2.45) is 7.05 Å². The molecule has 0 aliphatic carbocycles. The van der Waals surface area contributed by atoms with Crippen LogP contribution in [0.25, 0.3) is 0 Å². The van der Waals surface area contributed by atoms with Gasteiger partial charge < -0.3 is 15.0 Å². The molecule has 2 fully saturated rings. The monoisotopic (exact) mass is 340 g/mol. The quantitative estimate of drug-likeness (QED) is 0.836. The summed E-state index contributed by atoms with van der Waals surface area (Å²) >= 11 is 0. The second-order valence-electron chi connectivity index (χ2n) is 6.80. The average Bonchev–Trinajstić information content (AvgIpc) is 3.16. The van der Waals surface area contributed by atoms with Gasteiger partial charge in [-0.1, -0.05) is 0 Å². The summed E-state index contributed by atoms with van der Waals surface area (Å²) in [6.07, 6.45) is 5.15. The fourth-order valence-electron chi connectivity index (χ4n) is 4.00. The van der Waals surface area contributed by atoms with Crippen LogP contribution in [0, 0.1) is 0 Å². The molecule has 0 saturated carbocycles. The number of ether oxygens (including phenoxy) is 1. The van der Waals surface area contributed by atoms with Crippen molar-refractivity contribution in [3.63, 3.8) is 0 Å². The Morgan fingerprint density at radius 3 is 2.65 bits per heavy atom. The third-order valence-electron chi connectivity index (χ3n) is 5.40. The fourth-order valence-corrected chi connectivity index (χ4v) is 4.00. The number of hydrogen-bond acceptors (Lipinski definition) is 4. The standard InChI is InChI=1S/C16H24N4O2.ClH/c1-19-13-10-16(4-6-17-7-5-16)22-11-12(13)14(18-19)15(21)20-8-2-3-9-20;/h17H,2-11H2,1H3;1H. The van der Waals surface area contributed by atoms with Gasteiger partial charge in [0.2, 0.25) is 0 Å². The molecule has 1 amide bonds. The molecule has 128 valence electrons. The van der Waals surface area contributed by atoms with Crippen LogP contribution in [0.15, 0.2) is 0 Å². The number of likely N-dealkylation sites (tertiary alicyclic amines) is 1. The van der Waals surface area contributed by atoms with Gasteiger partial charge in [-0.3, -0.25) is 9.48 Å². The third kappa shape index (κ3) is 2.88. The molecule has 4 heterocycles. The first-order chi connectivity index (χ1) is 10.7. The summed E-state index contributed by atoms with van der Waals surface area (Å²) in [6, 6.07) is 0. The minimum Gasteiger partial charge on any atom is -0.370 e. The van der Waals surface area contributed by atoms with Crippen molar-refractivity contribution in [1.82, 2.24) is 20.0 Å². The molecule has 4 rings (SSSR count). The van der Waals surface area contributed by atoms with Crippen LogP contribution >= 0.6 is 12.4 Å². The van der Waals surface area contributed by atoms with Crippen LogP contribution in [-0.2, 0) is 24.8 Å². The van der Waals surface area contributed by atoms with Gasteiger partial charge in [-0.15, -0.1) is 12.4 Å². The Morgan fingerprint density at radius 2 is 1.96 bits per heavy atom. The van der Waals surface area contributed by atoms with E-state index in [1.165, 1.54) is 5.69 Å². The number of carbonyl (C=O) groups excluding carboxylic acids is 1. The normalized spacial score (nSPS) is 22.7. The molecule has 1 aromatic heterocycles. The van der Waals surface area contributed by atoms with E-state index in [0.717, 1.165) is 63.8 Å². The first kappa shape index (κ1) is 16.7. The summed E-state index contributed by atoms with van der Waals surface area (Å²) in [5.74, 6) is 0.0826. The van der Waals surface area contributed by atoms with E-state index < -0.39 is 0 Å². The molecule has 1 N–H and O–H groups in total. The number of nitrogens with one attached hydrogen (secondary N) is 1. The molecular formula is C16H25ClN4O2. The number of aromatic nitrogens is 2. The number of rotatable bonds is 1. The van der Waals surface area contributed by atoms with Gasteiger partial charge in [0.1, 0.15) is 0 Å². The number of carbonyl (C=O) groups is 1. The maximum atomic E-state index is 12.7. The van der Waals surface area contributed by atoms with Crippen LogP contribution in [-0.4, -0.2) is 52.4 Å². The summed E-state index contributed by atoms with van der Waals surface area (Å²) in [7, 11) is 1.96. The number of nitrogens with zero attached hydrogens (tertiary/aromatic N) is 3. The second kappa shape index (κ2) is 6.42. The highest BCUT2D eigenvalue weighted by molar-refractivity contribution is 5.94. The van der Waals surface area contributed by atoms with Crippen molar-refractivity contribution in [1.29, 1.82) is 0 Å². The van der Waals surface area contributed by atoms with E-state index in [1.807, 2.05) is 16.6 Å². The highest BCUT2D eigenvalue weighted by Crippen LogP contribution is 2.36. The lowest BCUT2D eigenvalue weighted by Gasteiger charge is -2.40. The first-order valence-electron chi connectivity index (χ1n) is 8.37. The number of amides is 1. The van der Waals surface area contributed by atoms with Gasteiger partial charge in [-0.05, 0) is 38.8 Å². The Kier molecular flexibility index (Phi) is 4.67. The zero-order chi connectivity index (χ0) is 15.2. The molecule has 0 aromatic carbocycles. The van der Waals surface area contributed by atoms with Gasteiger partial charge in [0, 0.05) is 37.8 Å². The Labute approximate surface area is 143 Å². The molecule has 3 aliphatic rings. The highest BCUT2D eigenvalue weighted by Gasteiger charge is 2.40. The molecule has 0 unspecified atom stereocenters. The Hall–Kier alpha value is -1.11. The number of fused-ring (bicyclic) bond motifs is 1. The van der Waals surface area contributed by atoms with E-state index in [4.69, 9.17) is 4.74 Å². The molecule has 23 heavy (non-hydrogen) atoms. The van der Waals surface area contributed by atoms with Gasteiger partial charge in [0.15, 0.2) is 5.69 Å². The number of hydrogen-bond donors (Lipinski definition) is 1. The highest BCUT2D eigenvalue weighted by atomic mass is 35.5. The van der Waals surface area contributed by atoms with Gasteiger partial charge >= 0.3 is 0 Å². The molecule has 0 radical (unpaired) electrons. The Balaban J connectivity index is 0.00000156. The molecule has 7 heteroatoms. The molecular weight excluding hydrogens is 316 g/mol. The second-order valence-corrected chi connectivity index (χ2v) is 6.80. The molecule has 1 spiro atoms. The van der Waals surface area contributed by atoms with E-state index in [-0.39, 0.29) is 23.9 Å². The topological polar surface area (TPSA) is 59.4 Å². The van der Waals surface area contributed by atoms with Gasteiger partial charge in [-0.25, -0.2) is 0 Å². The molecule has 0 bridgehead atoms. The van der Waals surface area contributed by atoms with Crippen molar-refractivity contribution < 1.29 is 9.53 Å². The summed E-state index contributed by atoms with van der Waals surface area (Å²) in [5.41, 5.74) is 2.77. The summed E-state index contributed by atoms with van der Waals surface area (Å²) in [5, 5.41) is 7.94. The van der Waals surface area contributed by atoms with E-state index in [2.05, 4.69) is 10.4 Å². The maximum absolute atomic E-state index is 12.7. The number of aryl methyl sites for hydroxylation is 1. The summed E-state index contributed by atoms with van der Waals surface area (Å²) in [6.45, 7) is 4.26. The fraction of sp³-hybridized carbons (Fsp3) is 0.750. The van der Waals surface area contributed by atoms with Crippen LogP contribution < -0.4 is 5.32 Å². The van der Waals surface area contributed by atoms with E-state index in [9.17, 15) is 4.79 Å².